The Labute approximate surface area is 192 Å². The largest absolute Gasteiger partial charge is 0.489 e. The SMILES string of the molecule is C=CCOC(=O)N[C@@H]1C(=O)N2C(C(=O)OCC=C)=C(/C=C3\CCN(CC(C)C)C3=O)OC[C@H]12. The van der Waals surface area contributed by atoms with E-state index in [0.717, 1.165) is 0 Å². The van der Waals surface area contributed by atoms with E-state index in [0.29, 0.717) is 31.0 Å². The second-order valence-corrected chi connectivity index (χ2v) is 8.26. The van der Waals surface area contributed by atoms with Gasteiger partial charge in [0, 0.05) is 18.7 Å². The number of allylic oxidation sites excluding steroid dienone is 1. The van der Waals surface area contributed by atoms with Gasteiger partial charge in [0.15, 0.2) is 11.5 Å². The lowest BCUT2D eigenvalue weighted by Crippen LogP contribution is -2.73. The maximum absolute atomic E-state index is 12.8. The standard InChI is InChI=1S/C23H29N3O7/c1-5-9-31-22(29)19-17(11-15-7-8-25(20(15)27)12-14(3)4)33-13-16-18(21(28)26(16)19)24-23(30)32-10-6-2/h5-6,11,14,16,18H,1-2,7-10,12-13H2,3-4H3,(H,24,30)/b15-11+/t16-,18+/m1/s1. The lowest BCUT2D eigenvalue weighted by Gasteiger charge is -2.49. The summed E-state index contributed by atoms with van der Waals surface area (Å²) in [5, 5.41) is 2.47. The Bertz CT molecular complexity index is 921. The molecule has 3 amide bonds. The number of fused-ring (bicyclic) bond motifs is 1. The van der Waals surface area contributed by atoms with Crippen molar-refractivity contribution < 1.29 is 33.4 Å². The molecular weight excluding hydrogens is 430 g/mol. The highest BCUT2D eigenvalue weighted by molar-refractivity contribution is 6.02. The molecule has 0 aromatic heterocycles. The minimum atomic E-state index is -0.909. The number of alkyl carbamates (subject to hydrolysis) is 1. The number of amides is 3. The van der Waals surface area contributed by atoms with Gasteiger partial charge in [0.25, 0.3) is 5.91 Å². The molecule has 0 spiro atoms. The highest BCUT2D eigenvalue weighted by Gasteiger charge is 2.55. The van der Waals surface area contributed by atoms with Gasteiger partial charge in [0.1, 0.15) is 31.9 Å². The van der Waals surface area contributed by atoms with E-state index in [2.05, 4.69) is 18.5 Å². The van der Waals surface area contributed by atoms with Gasteiger partial charge >= 0.3 is 12.1 Å². The minimum Gasteiger partial charge on any atom is -0.489 e. The molecule has 0 unspecified atom stereocenters. The summed E-state index contributed by atoms with van der Waals surface area (Å²) in [6.07, 6.45) is 4.04. The number of likely N-dealkylation sites (tertiary alicyclic amines) is 1. The summed E-state index contributed by atoms with van der Waals surface area (Å²) >= 11 is 0. The van der Waals surface area contributed by atoms with Crippen molar-refractivity contribution >= 4 is 23.9 Å². The molecular formula is C23H29N3O7. The van der Waals surface area contributed by atoms with Crippen molar-refractivity contribution in [1.29, 1.82) is 0 Å². The van der Waals surface area contributed by atoms with Gasteiger partial charge in [-0.1, -0.05) is 39.2 Å². The van der Waals surface area contributed by atoms with E-state index in [9.17, 15) is 19.2 Å². The zero-order valence-electron chi connectivity index (χ0n) is 18.9. The molecule has 0 saturated carbocycles. The van der Waals surface area contributed by atoms with Crippen LogP contribution in [0.15, 0.2) is 48.4 Å². The zero-order valence-corrected chi connectivity index (χ0v) is 18.9. The molecule has 2 fully saturated rings. The first-order chi connectivity index (χ1) is 15.8. The number of carbonyl (C=O) groups excluding carboxylic acids is 4. The van der Waals surface area contributed by atoms with Crippen LogP contribution >= 0.6 is 0 Å². The van der Waals surface area contributed by atoms with E-state index < -0.39 is 30.1 Å². The molecule has 10 nitrogen and oxygen atoms in total. The predicted molar refractivity (Wildman–Crippen MR) is 117 cm³/mol. The molecule has 2 atom stereocenters. The fourth-order valence-electron chi connectivity index (χ4n) is 3.90. The van der Waals surface area contributed by atoms with Crippen LogP contribution in [0, 0.1) is 5.92 Å². The Balaban J connectivity index is 1.85. The number of β-lactam (4-membered cyclic amide) rings is 1. The van der Waals surface area contributed by atoms with Gasteiger partial charge in [-0.25, -0.2) is 9.59 Å². The van der Waals surface area contributed by atoms with Gasteiger partial charge in [-0.05, 0) is 18.4 Å². The van der Waals surface area contributed by atoms with Crippen LogP contribution in [0.3, 0.4) is 0 Å². The molecule has 3 aliphatic rings. The second kappa shape index (κ2) is 10.4. The van der Waals surface area contributed by atoms with E-state index in [1.54, 1.807) is 4.90 Å². The van der Waals surface area contributed by atoms with Crippen LogP contribution < -0.4 is 5.32 Å². The van der Waals surface area contributed by atoms with Gasteiger partial charge in [0.05, 0.1) is 0 Å². The normalized spacial score (nSPS) is 23.2. The Kier molecular flexibility index (Phi) is 7.57. The van der Waals surface area contributed by atoms with Gasteiger partial charge in [-0.3, -0.25) is 14.5 Å². The number of esters is 1. The Morgan fingerprint density at radius 3 is 2.58 bits per heavy atom. The van der Waals surface area contributed by atoms with E-state index in [-0.39, 0.29) is 37.2 Å². The number of carbonyl (C=O) groups is 4. The average molecular weight is 459 g/mol. The topological polar surface area (TPSA) is 114 Å². The van der Waals surface area contributed by atoms with Crippen molar-refractivity contribution in [1.82, 2.24) is 15.1 Å². The maximum Gasteiger partial charge on any atom is 0.408 e. The lowest BCUT2D eigenvalue weighted by atomic mass is 9.92. The van der Waals surface area contributed by atoms with Crippen LogP contribution in [0.4, 0.5) is 4.79 Å². The van der Waals surface area contributed by atoms with Crippen LogP contribution in [-0.2, 0) is 28.6 Å². The van der Waals surface area contributed by atoms with Crippen molar-refractivity contribution in [2.24, 2.45) is 5.92 Å². The molecule has 33 heavy (non-hydrogen) atoms. The van der Waals surface area contributed by atoms with E-state index in [4.69, 9.17) is 14.2 Å². The van der Waals surface area contributed by atoms with Crippen LogP contribution in [0.5, 0.6) is 0 Å². The van der Waals surface area contributed by atoms with E-state index >= 15 is 0 Å². The highest BCUT2D eigenvalue weighted by Crippen LogP contribution is 2.35. The summed E-state index contributed by atoms with van der Waals surface area (Å²) in [6.45, 7) is 12.2. The lowest BCUT2D eigenvalue weighted by molar-refractivity contribution is -0.160. The summed E-state index contributed by atoms with van der Waals surface area (Å²) in [5.74, 6) is -0.988. The number of nitrogens with zero attached hydrogens (tertiary/aromatic N) is 2. The van der Waals surface area contributed by atoms with Crippen molar-refractivity contribution in [3.8, 4) is 0 Å². The third-order valence-electron chi connectivity index (χ3n) is 5.34. The summed E-state index contributed by atoms with van der Waals surface area (Å²) in [5.41, 5.74) is 0.395. The Hall–Kier alpha value is -3.56. The summed E-state index contributed by atoms with van der Waals surface area (Å²) < 4.78 is 15.8. The molecule has 0 radical (unpaired) electrons. The molecule has 1 N–H and O–H groups in total. The molecule has 3 rings (SSSR count). The average Bonchev–Trinajstić information content (AvgIpc) is 3.12. The number of rotatable bonds is 9. The number of hydrogen-bond donors (Lipinski definition) is 1. The smallest absolute Gasteiger partial charge is 0.408 e. The molecule has 0 bridgehead atoms. The fourth-order valence-corrected chi connectivity index (χ4v) is 3.90. The zero-order chi connectivity index (χ0) is 24.1. The molecule has 0 aromatic carbocycles. The Morgan fingerprint density at radius 2 is 1.91 bits per heavy atom. The van der Waals surface area contributed by atoms with Crippen molar-refractivity contribution in [2.75, 3.05) is 32.9 Å². The minimum absolute atomic E-state index is 0.00374. The second-order valence-electron chi connectivity index (χ2n) is 8.26. The predicted octanol–water partition coefficient (Wildman–Crippen LogP) is 1.26. The van der Waals surface area contributed by atoms with Gasteiger partial charge < -0.3 is 24.4 Å². The third kappa shape index (κ3) is 5.10. The van der Waals surface area contributed by atoms with Gasteiger partial charge in [0.2, 0.25) is 5.91 Å². The maximum atomic E-state index is 12.8. The number of hydrogen-bond acceptors (Lipinski definition) is 7. The summed E-state index contributed by atoms with van der Waals surface area (Å²) in [6, 6.07) is -1.52. The summed E-state index contributed by atoms with van der Waals surface area (Å²) in [7, 11) is 0. The monoisotopic (exact) mass is 459 g/mol. The highest BCUT2D eigenvalue weighted by atomic mass is 16.6. The quantitative estimate of drug-likeness (QED) is 0.239. The van der Waals surface area contributed by atoms with Crippen molar-refractivity contribution in [2.45, 2.75) is 32.4 Å². The molecule has 10 heteroatoms. The molecule has 178 valence electrons. The van der Waals surface area contributed by atoms with Crippen LogP contribution in [-0.4, -0.2) is 78.7 Å². The molecule has 3 aliphatic heterocycles. The van der Waals surface area contributed by atoms with Gasteiger partial charge in [-0.2, -0.15) is 0 Å². The van der Waals surface area contributed by atoms with Crippen molar-refractivity contribution in [3.05, 3.63) is 48.4 Å². The summed E-state index contributed by atoms with van der Waals surface area (Å²) in [4.78, 5) is 53.2. The number of nitrogens with one attached hydrogen (secondary N) is 1. The Morgan fingerprint density at radius 1 is 1.21 bits per heavy atom. The van der Waals surface area contributed by atoms with Crippen LogP contribution in [0.2, 0.25) is 0 Å². The van der Waals surface area contributed by atoms with E-state index in [1.807, 2.05) is 13.8 Å². The molecule has 0 aliphatic carbocycles. The van der Waals surface area contributed by atoms with Crippen molar-refractivity contribution in [3.63, 3.8) is 0 Å². The van der Waals surface area contributed by atoms with Crippen LogP contribution in [0.1, 0.15) is 20.3 Å². The number of ether oxygens (including phenoxy) is 3. The van der Waals surface area contributed by atoms with Gasteiger partial charge in [-0.15, -0.1) is 0 Å². The van der Waals surface area contributed by atoms with Crippen LogP contribution in [0.25, 0.3) is 0 Å². The van der Waals surface area contributed by atoms with E-state index in [1.165, 1.54) is 23.1 Å². The fraction of sp³-hybridized carbons (Fsp3) is 0.478. The first kappa shape index (κ1) is 24.1. The third-order valence-corrected chi connectivity index (χ3v) is 5.34. The first-order valence-corrected chi connectivity index (χ1v) is 10.8. The molecule has 2 saturated heterocycles. The molecule has 0 aromatic rings. The molecule has 3 heterocycles. The first-order valence-electron chi connectivity index (χ1n) is 10.8.